The summed E-state index contributed by atoms with van der Waals surface area (Å²) < 4.78 is 5.19. The van der Waals surface area contributed by atoms with Gasteiger partial charge in [0, 0.05) is 5.56 Å². The van der Waals surface area contributed by atoms with Crippen LogP contribution in [0.1, 0.15) is 25.0 Å². The lowest BCUT2D eigenvalue weighted by Gasteiger charge is -2.13. The highest BCUT2D eigenvalue weighted by Crippen LogP contribution is 2.26. The van der Waals surface area contributed by atoms with Crippen LogP contribution in [0.2, 0.25) is 0 Å². The number of primary amides is 1. The summed E-state index contributed by atoms with van der Waals surface area (Å²) in [5.41, 5.74) is 5.65. The van der Waals surface area contributed by atoms with Crippen molar-refractivity contribution >= 4 is 5.91 Å². The van der Waals surface area contributed by atoms with E-state index in [1.54, 1.807) is 18.2 Å². The van der Waals surface area contributed by atoms with E-state index in [2.05, 4.69) is 0 Å². The van der Waals surface area contributed by atoms with Gasteiger partial charge in [0.05, 0.1) is 6.10 Å². The lowest BCUT2D eigenvalue weighted by molar-refractivity contribution is -0.120. The first-order chi connectivity index (χ1) is 7.15. The first-order valence-electron chi connectivity index (χ1n) is 4.83. The normalized spacial score (nSPS) is 12.1. The Kier molecular flexibility index (Phi) is 4.12. The number of rotatable bonds is 5. The predicted octanol–water partition coefficient (Wildman–Crippen LogP) is 0.994. The van der Waals surface area contributed by atoms with Crippen molar-refractivity contribution in [2.45, 2.75) is 19.4 Å². The highest BCUT2D eigenvalue weighted by Gasteiger charge is 2.11. The molecular formula is C11H15NO3. The Hall–Kier alpha value is -1.55. The first-order valence-corrected chi connectivity index (χ1v) is 4.83. The van der Waals surface area contributed by atoms with Crippen molar-refractivity contribution in [1.82, 2.24) is 0 Å². The van der Waals surface area contributed by atoms with Gasteiger partial charge < -0.3 is 15.6 Å². The van der Waals surface area contributed by atoms with Gasteiger partial charge in [-0.3, -0.25) is 4.79 Å². The van der Waals surface area contributed by atoms with E-state index < -0.39 is 12.0 Å². The third-order valence-corrected chi connectivity index (χ3v) is 2.03. The second kappa shape index (κ2) is 5.36. The fourth-order valence-corrected chi connectivity index (χ4v) is 1.26. The molecular weight excluding hydrogens is 194 g/mol. The number of ether oxygens (including phenoxy) is 1. The summed E-state index contributed by atoms with van der Waals surface area (Å²) in [5.74, 6) is -0.0264. The van der Waals surface area contributed by atoms with Crippen LogP contribution in [0.25, 0.3) is 0 Å². The first kappa shape index (κ1) is 11.5. The van der Waals surface area contributed by atoms with Gasteiger partial charge in [0.1, 0.15) is 5.75 Å². The van der Waals surface area contributed by atoms with Crippen LogP contribution in [0.3, 0.4) is 0 Å². The minimum absolute atomic E-state index is 0.173. The molecule has 3 N–H and O–H groups in total. The van der Waals surface area contributed by atoms with Crippen LogP contribution >= 0.6 is 0 Å². The summed E-state index contributed by atoms with van der Waals surface area (Å²) in [6.07, 6.45) is 0.0193. The molecule has 0 saturated carbocycles. The highest BCUT2D eigenvalue weighted by molar-refractivity contribution is 5.75. The van der Waals surface area contributed by atoms with Crippen LogP contribution in [-0.2, 0) is 4.79 Å². The molecule has 1 rings (SSSR count). The number of nitrogens with two attached hydrogens (primary N) is 1. The average molecular weight is 209 g/mol. The van der Waals surface area contributed by atoms with E-state index >= 15 is 0 Å². The Labute approximate surface area is 88.7 Å². The number of aliphatic hydroxyl groups excluding tert-OH is 1. The lowest BCUT2D eigenvalue weighted by Crippen LogP contribution is -2.20. The van der Waals surface area contributed by atoms with Crippen LogP contribution < -0.4 is 10.5 Å². The molecule has 0 aliphatic carbocycles. The molecule has 0 unspecified atom stereocenters. The van der Waals surface area contributed by atoms with Crippen molar-refractivity contribution in [2.24, 2.45) is 5.73 Å². The third-order valence-electron chi connectivity index (χ3n) is 2.03. The monoisotopic (exact) mass is 209 g/mol. The molecule has 0 radical (unpaired) electrons. The van der Waals surface area contributed by atoms with Crippen molar-refractivity contribution in [3.05, 3.63) is 29.8 Å². The summed E-state index contributed by atoms with van der Waals surface area (Å²) in [5, 5.41) is 9.68. The highest BCUT2D eigenvalue weighted by atomic mass is 16.5. The summed E-state index contributed by atoms with van der Waals surface area (Å²) in [4.78, 5) is 10.6. The fraction of sp³-hybridized carbons (Fsp3) is 0.364. The zero-order valence-electron chi connectivity index (χ0n) is 8.64. The number of aliphatic hydroxyl groups is 1. The molecule has 1 amide bonds. The van der Waals surface area contributed by atoms with E-state index in [1.807, 2.05) is 13.0 Å². The van der Waals surface area contributed by atoms with Crippen LogP contribution in [0, 0.1) is 0 Å². The van der Waals surface area contributed by atoms with Gasteiger partial charge in [-0.2, -0.15) is 0 Å². The number of benzene rings is 1. The van der Waals surface area contributed by atoms with E-state index in [-0.39, 0.29) is 6.61 Å². The molecule has 15 heavy (non-hydrogen) atoms. The molecule has 4 nitrogen and oxygen atoms in total. The van der Waals surface area contributed by atoms with Crippen molar-refractivity contribution in [1.29, 1.82) is 0 Å². The fourth-order valence-electron chi connectivity index (χ4n) is 1.26. The van der Waals surface area contributed by atoms with Gasteiger partial charge in [-0.25, -0.2) is 0 Å². The lowest BCUT2D eigenvalue weighted by atomic mass is 10.1. The van der Waals surface area contributed by atoms with Gasteiger partial charge in [0.2, 0.25) is 0 Å². The van der Waals surface area contributed by atoms with Gasteiger partial charge in [-0.15, -0.1) is 0 Å². The zero-order chi connectivity index (χ0) is 11.3. The molecule has 1 aromatic rings. The Morgan fingerprint density at radius 1 is 1.53 bits per heavy atom. The molecule has 4 heteroatoms. The third kappa shape index (κ3) is 3.25. The van der Waals surface area contributed by atoms with Crippen molar-refractivity contribution in [2.75, 3.05) is 6.61 Å². The number of carbonyl (C=O) groups is 1. The Morgan fingerprint density at radius 3 is 2.80 bits per heavy atom. The molecule has 1 atom stereocenters. The van der Waals surface area contributed by atoms with E-state index in [1.165, 1.54) is 0 Å². The SMILES string of the molecule is CC[C@@H](O)c1ccccc1OCC(N)=O. The topological polar surface area (TPSA) is 72.6 Å². The number of carbonyl (C=O) groups excluding carboxylic acids is 1. The Balaban J connectivity index is 2.81. The molecule has 0 fully saturated rings. The minimum atomic E-state index is -0.575. The Bertz CT molecular complexity index is 338. The van der Waals surface area contributed by atoms with Gasteiger partial charge in [0.25, 0.3) is 5.91 Å². The molecule has 0 aliphatic heterocycles. The van der Waals surface area contributed by atoms with Crippen LogP contribution in [-0.4, -0.2) is 17.6 Å². The number of amides is 1. The summed E-state index contributed by atoms with van der Waals surface area (Å²) in [6, 6.07) is 7.06. The summed E-state index contributed by atoms with van der Waals surface area (Å²) in [6.45, 7) is 1.70. The van der Waals surface area contributed by atoms with Crippen LogP contribution in [0.4, 0.5) is 0 Å². The molecule has 0 aromatic heterocycles. The van der Waals surface area contributed by atoms with Crippen LogP contribution in [0.15, 0.2) is 24.3 Å². The van der Waals surface area contributed by atoms with Crippen LogP contribution in [0.5, 0.6) is 5.75 Å². The van der Waals surface area contributed by atoms with Gasteiger partial charge in [0.15, 0.2) is 6.61 Å². The predicted molar refractivity (Wildman–Crippen MR) is 56.4 cm³/mol. The van der Waals surface area contributed by atoms with Crippen molar-refractivity contribution in [3.8, 4) is 5.75 Å². The number of hydrogen-bond acceptors (Lipinski definition) is 3. The van der Waals surface area contributed by atoms with E-state index in [0.29, 0.717) is 17.7 Å². The van der Waals surface area contributed by atoms with E-state index in [9.17, 15) is 9.90 Å². The smallest absolute Gasteiger partial charge is 0.255 e. The molecule has 0 aliphatic rings. The molecule has 0 saturated heterocycles. The molecule has 1 aromatic carbocycles. The number of para-hydroxylation sites is 1. The van der Waals surface area contributed by atoms with Crippen molar-refractivity contribution < 1.29 is 14.6 Å². The second-order valence-corrected chi connectivity index (χ2v) is 3.22. The number of hydrogen-bond donors (Lipinski definition) is 2. The van der Waals surface area contributed by atoms with E-state index in [0.717, 1.165) is 0 Å². The minimum Gasteiger partial charge on any atom is -0.483 e. The summed E-state index contributed by atoms with van der Waals surface area (Å²) >= 11 is 0. The van der Waals surface area contributed by atoms with Gasteiger partial charge in [-0.05, 0) is 12.5 Å². The zero-order valence-corrected chi connectivity index (χ0v) is 8.64. The molecule has 82 valence electrons. The standard InChI is InChI=1S/C11H15NO3/c1-2-9(13)8-5-3-4-6-10(8)15-7-11(12)14/h3-6,9,13H,2,7H2,1H3,(H2,12,14)/t9-/m1/s1. The molecule has 0 bridgehead atoms. The van der Waals surface area contributed by atoms with Gasteiger partial charge >= 0.3 is 0 Å². The second-order valence-electron chi connectivity index (χ2n) is 3.22. The summed E-state index contributed by atoms with van der Waals surface area (Å²) in [7, 11) is 0. The maximum atomic E-state index is 10.6. The maximum absolute atomic E-state index is 10.6. The Morgan fingerprint density at radius 2 is 2.20 bits per heavy atom. The molecule has 0 spiro atoms. The molecule has 0 heterocycles. The average Bonchev–Trinajstić information content (AvgIpc) is 2.25. The van der Waals surface area contributed by atoms with E-state index in [4.69, 9.17) is 10.5 Å². The maximum Gasteiger partial charge on any atom is 0.255 e. The van der Waals surface area contributed by atoms with Gasteiger partial charge in [-0.1, -0.05) is 25.1 Å². The quantitative estimate of drug-likeness (QED) is 0.759. The van der Waals surface area contributed by atoms with Crippen molar-refractivity contribution in [3.63, 3.8) is 0 Å². The largest absolute Gasteiger partial charge is 0.483 e.